The van der Waals surface area contributed by atoms with Crippen molar-refractivity contribution < 1.29 is 24.2 Å². The monoisotopic (exact) mass is 354 g/mol. The lowest BCUT2D eigenvalue weighted by molar-refractivity contribution is -0.109. The van der Waals surface area contributed by atoms with E-state index in [1.54, 1.807) is 48.5 Å². The maximum Gasteiger partial charge on any atom is 0.261 e. The van der Waals surface area contributed by atoms with Gasteiger partial charge in [0.15, 0.2) is 0 Å². The molecule has 0 aromatic heterocycles. The highest BCUT2D eigenvalue weighted by molar-refractivity contribution is 6.21. The SMILES string of the molecule is O=CNCc1ccc(OCC(O)CN2C(=O)c3ccccc3C2=O)cc1. The van der Waals surface area contributed by atoms with Crippen molar-refractivity contribution in [2.24, 2.45) is 0 Å². The minimum atomic E-state index is -1.01. The van der Waals surface area contributed by atoms with Gasteiger partial charge in [0.25, 0.3) is 11.8 Å². The van der Waals surface area contributed by atoms with Gasteiger partial charge in [0, 0.05) is 6.54 Å². The van der Waals surface area contributed by atoms with Crippen LogP contribution in [-0.2, 0) is 11.3 Å². The highest BCUT2D eigenvalue weighted by atomic mass is 16.5. The van der Waals surface area contributed by atoms with Crippen LogP contribution >= 0.6 is 0 Å². The number of amides is 3. The molecular weight excluding hydrogens is 336 g/mol. The first kappa shape index (κ1) is 17.6. The average molecular weight is 354 g/mol. The highest BCUT2D eigenvalue weighted by Gasteiger charge is 2.36. The zero-order valence-electron chi connectivity index (χ0n) is 13.9. The van der Waals surface area contributed by atoms with E-state index >= 15 is 0 Å². The van der Waals surface area contributed by atoms with Crippen molar-refractivity contribution in [2.45, 2.75) is 12.6 Å². The van der Waals surface area contributed by atoms with Crippen molar-refractivity contribution in [3.8, 4) is 5.75 Å². The molecule has 0 radical (unpaired) electrons. The molecule has 7 heteroatoms. The van der Waals surface area contributed by atoms with Gasteiger partial charge in [-0.25, -0.2) is 0 Å². The number of ether oxygens (including phenoxy) is 1. The Morgan fingerprint density at radius 1 is 1.04 bits per heavy atom. The molecule has 1 aliphatic rings. The largest absolute Gasteiger partial charge is 0.491 e. The van der Waals surface area contributed by atoms with Crippen LogP contribution in [0.1, 0.15) is 26.3 Å². The Morgan fingerprint density at radius 2 is 1.65 bits per heavy atom. The molecule has 1 heterocycles. The van der Waals surface area contributed by atoms with Crippen LogP contribution in [0.2, 0.25) is 0 Å². The summed E-state index contributed by atoms with van der Waals surface area (Å²) < 4.78 is 5.50. The number of nitrogens with one attached hydrogen (secondary N) is 1. The Morgan fingerprint density at radius 3 is 2.23 bits per heavy atom. The molecule has 7 nitrogen and oxygen atoms in total. The summed E-state index contributed by atoms with van der Waals surface area (Å²) in [6.45, 7) is 0.235. The van der Waals surface area contributed by atoms with Crippen LogP contribution in [-0.4, -0.2) is 47.5 Å². The second kappa shape index (κ2) is 7.79. The molecule has 0 bridgehead atoms. The lowest BCUT2D eigenvalue weighted by Gasteiger charge is -2.19. The Hall–Kier alpha value is -3.19. The summed E-state index contributed by atoms with van der Waals surface area (Å²) in [6, 6.07) is 13.6. The Balaban J connectivity index is 1.53. The van der Waals surface area contributed by atoms with Gasteiger partial charge in [-0.3, -0.25) is 19.3 Å². The molecule has 2 aromatic carbocycles. The number of fused-ring (bicyclic) bond motifs is 1. The molecule has 3 rings (SSSR count). The molecule has 1 atom stereocenters. The normalized spacial score (nSPS) is 14.1. The summed E-state index contributed by atoms with van der Waals surface area (Å²) in [6.07, 6.45) is -0.381. The minimum Gasteiger partial charge on any atom is -0.491 e. The molecule has 0 saturated carbocycles. The van der Waals surface area contributed by atoms with Crippen LogP contribution in [0.3, 0.4) is 0 Å². The number of aliphatic hydroxyl groups excluding tert-OH is 1. The third-order valence-electron chi connectivity index (χ3n) is 4.03. The van der Waals surface area contributed by atoms with E-state index in [1.165, 1.54) is 0 Å². The van der Waals surface area contributed by atoms with E-state index < -0.39 is 17.9 Å². The zero-order valence-corrected chi connectivity index (χ0v) is 13.9. The maximum absolute atomic E-state index is 12.3. The molecule has 1 aliphatic heterocycles. The molecule has 0 fully saturated rings. The minimum absolute atomic E-state index is 0.0562. The second-order valence-corrected chi connectivity index (χ2v) is 5.87. The summed E-state index contributed by atoms with van der Waals surface area (Å²) in [5.74, 6) is -0.269. The van der Waals surface area contributed by atoms with Crippen molar-refractivity contribution in [3.05, 3.63) is 65.2 Å². The van der Waals surface area contributed by atoms with Gasteiger partial charge in [0.1, 0.15) is 18.5 Å². The molecular formula is C19H18N2O5. The molecule has 0 spiro atoms. The van der Waals surface area contributed by atoms with Gasteiger partial charge < -0.3 is 15.2 Å². The molecule has 2 N–H and O–H groups in total. The molecule has 0 aliphatic carbocycles. The number of imide groups is 1. The molecule has 2 aromatic rings. The predicted molar refractivity (Wildman–Crippen MR) is 92.7 cm³/mol. The Bertz CT molecular complexity index is 784. The first-order chi connectivity index (χ1) is 12.6. The number of β-amino-alcohol motifs (C(OH)–C–C–N with tert-alkyl or cyclic N) is 1. The van der Waals surface area contributed by atoms with E-state index in [1.807, 2.05) is 0 Å². The Kier molecular flexibility index (Phi) is 5.28. The topological polar surface area (TPSA) is 95.9 Å². The van der Waals surface area contributed by atoms with Crippen LogP contribution in [0.25, 0.3) is 0 Å². The van der Waals surface area contributed by atoms with Gasteiger partial charge in [-0.05, 0) is 29.8 Å². The van der Waals surface area contributed by atoms with Gasteiger partial charge in [-0.1, -0.05) is 24.3 Å². The van der Waals surface area contributed by atoms with E-state index in [2.05, 4.69) is 5.32 Å². The van der Waals surface area contributed by atoms with Gasteiger partial charge in [-0.15, -0.1) is 0 Å². The maximum atomic E-state index is 12.3. The first-order valence-electron chi connectivity index (χ1n) is 8.12. The van der Waals surface area contributed by atoms with Crippen LogP contribution in [0.5, 0.6) is 5.75 Å². The zero-order chi connectivity index (χ0) is 18.5. The lowest BCUT2D eigenvalue weighted by atomic mass is 10.1. The lowest BCUT2D eigenvalue weighted by Crippen LogP contribution is -2.39. The van der Waals surface area contributed by atoms with E-state index in [9.17, 15) is 19.5 Å². The Labute approximate surface area is 150 Å². The van der Waals surface area contributed by atoms with Crippen molar-refractivity contribution >= 4 is 18.2 Å². The quantitative estimate of drug-likeness (QED) is 0.544. The van der Waals surface area contributed by atoms with Crippen molar-refractivity contribution in [2.75, 3.05) is 13.2 Å². The van der Waals surface area contributed by atoms with Crippen molar-refractivity contribution in [3.63, 3.8) is 0 Å². The first-order valence-corrected chi connectivity index (χ1v) is 8.12. The standard InChI is InChI=1S/C19H18N2O5/c22-12-20-9-13-5-7-15(8-6-13)26-11-14(23)10-21-18(24)16-3-1-2-4-17(16)19(21)25/h1-8,12,14,23H,9-11H2,(H,20,22). The van der Waals surface area contributed by atoms with Gasteiger partial charge in [0.05, 0.1) is 17.7 Å². The number of aliphatic hydroxyl groups is 1. The summed E-state index contributed by atoms with van der Waals surface area (Å²) in [7, 11) is 0. The summed E-state index contributed by atoms with van der Waals surface area (Å²) >= 11 is 0. The fourth-order valence-electron chi connectivity index (χ4n) is 2.72. The van der Waals surface area contributed by atoms with Gasteiger partial charge in [-0.2, -0.15) is 0 Å². The van der Waals surface area contributed by atoms with E-state index in [0.717, 1.165) is 10.5 Å². The molecule has 3 amide bonds. The number of hydrogen-bond donors (Lipinski definition) is 2. The number of hydrogen-bond acceptors (Lipinski definition) is 5. The van der Waals surface area contributed by atoms with E-state index in [4.69, 9.17) is 4.74 Å². The number of carbonyl (C=O) groups excluding carboxylic acids is 3. The number of nitrogens with zero attached hydrogens (tertiary/aromatic N) is 1. The van der Waals surface area contributed by atoms with Crippen molar-refractivity contribution in [1.82, 2.24) is 10.2 Å². The average Bonchev–Trinajstić information content (AvgIpc) is 2.91. The van der Waals surface area contributed by atoms with Crippen molar-refractivity contribution in [1.29, 1.82) is 0 Å². The van der Waals surface area contributed by atoms with Crippen LogP contribution in [0, 0.1) is 0 Å². The summed E-state index contributed by atoms with van der Waals surface area (Å²) in [4.78, 5) is 35.8. The van der Waals surface area contributed by atoms with E-state index in [-0.39, 0.29) is 13.2 Å². The predicted octanol–water partition coefficient (Wildman–Crippen LogP) is 0.968. The number of carbonyl (C=O) groups is 3. The fraction of sp³-hybridized carbons (Fsp3) is 0.211. The van der Waals surface area contributed by atoms with Crippen LogP contribution < -0.4 is 10.1 Å². The van der Waals surface area contributed by atoms with Crippen LogP contribution in [0.15, 0.2) is 48.5 Å². The molecule has 134 valence electrons. The third-order valence-corrected chi connectivity index (χ3v) is 4.03. The van der Waals surface area contributed by atoms with Crippen LogP contribution in [0.4, 0.5) is 0 Å². The molecule has 1 unspecified atom stereocenters. The smallest absolute Gasteiger partial charge is 0.261 e. The summed E-state index contributed by atoms with van der Waals surface area (Å²) in [5.41, 5.74) is 1.62. The number of benzene rings is 2. The third kappa shape index (κ3) is 3.73. The molecule has 0 saturated heterocycles. The van der Waals surface area contributed by atoms with Gasteiger partial charge >= 0.3 is 0 Å². The number of rotatable bonds is 8. The summed E-state index contributed by atoms with van der Waals surface area (Å²) in [5, 5.41) is 12.7. The van der Waals surface area contributed by atoms with E-state index in [0.29, 0.717) is 29.8 Å². The van der Waals surface area contributed by atoms with Gasteiger partial charge in [0.2, 0.25) is 6.41 Å². The fourth-order valence-corrected chi connectivity index (χ4v) is 2.72. The highest BCUT2D eigenvalue weighted by Crippen LogP contribution is 2.22. The second-order valence-electron chi connectivity index (χ2n) is 5.87. The molecule has 26 heavy (non-hydrogen) atoms.